The molecule has 4 aromatic rings. The predicted octanol–water partition coefficient (Wildman–Crippen LogP) is 3.73. The van der Waals surface area contributed by atoms with Crippen LogP contribution in [0.2, 0.25) is 0 Å². The fourth-order valence-electron chi connectivity index (χ4n) is 3.92. The highest BCUT2D eigenvalue weighted by atomic mass is 16.2. The van der Waals surface area contributed by atoms with E-state index in [-0.39, 0.29) is 11.8 Å². The molecule has 0 saturated carbocycles. The summed E-state index contributed by atoms with van der Waals surface area (Å²) in [4.78, 5) is 23.7. The number of fused-ring (bicyclic) bond motifs is 1. The van der Waals surface area contributed by atoms with Crippen molar-refractivity contribution in [1.29, 1.82) is 0 Å². The summed E-state index contributed by atoms with van der Waals surface area (Å²) in [5.41, 5.74) is 4.69. The molecule has 1 saturated heterocycles. The first kappa shape index (κ1) is 17.6. The minimum Gasteiger partial charge on any atom is -0.338 e. The molecule has 0 bridgehead atoms. The summed E-state index contributed by atoms with van der Waals surface area (Å²) >= 11 is 0. The van der Waals surface area contributed by atoms with Crippen molar-refractivity contribution in [2.24, 2.45) is 0 Å². The Labute approximate surface area is 168 Å². The minimum atomic E-state index is 0.0910. The van der Waals surface area contributed by atoms with Gasteiger partial charge in [-0.1, -0.05) is 24.3 Å². The van der Waals surface area contributed by atoms with Crippen molar-refractivity contribution < 1.29 is 4.79 Å². The van der Waals surface area contributed by atoms with Gasteiger partial charge in [-0.2, -0.15) is 5.10 Å². The number of hydrogen-bond acceptors (Lipinski definition) is 4. The van der Waals surface area contributed by atoms with E-state index in [1.165, 1.54) is 0 Å². The van der Waals surface area contributed by atoms with Gasteiger partial charge in [0.25, 0.3) is 5.91 Å². The highest BCUT2D eigenvalue weighted by molar-refractivity contribution is 5.95. The molecule has 6 nitrogen and oxygen atoms in total. The Bertz CT molecular complexity index is 1180. The first-order valence-electron chi connectivity index (χ1n) is 9.81. The molecule has 6 heteroatoms. The SMILES string of the molecule is Cc1ccccc1C(=O)N1CC[C@H](c2nc3ccc(-c4cccnc4)cn3n2)C1. The summed E-state index contributed by atoms with van der Waals surface area (Å²) < 4.78 is 1.82. The standard InChI is InChI=1S/C23H21N5O/c1-16-5-2-3-7-20(16)23(29)27-12-10-19(14-27)22-25-21-9-8-18(15-28(21)26-22)17-6-4-11-24-13-17/h2-9,11,13,15,19H,10,12,14H2,1H3/t19-/m0/s1. The number of nitrogens with zero attached hydrogens (tertiary/aromatic N) is 5. The van der Waals surface area contributed by atoms with Crippen LogP contribution in [0.1, 0.15) is 34.1 Å². The molecule has 1 aliphatic heterocycles. The summed E-state index contributed by atoms with van der Waals surface area (Å²) in [5.74, 6) is 1.05. The van der Waals surface area contributed by atoms with Crippen molar-refractivity contribution >= 4 is 11.6 Å². The van der Waals surface area contributed by atoms with Crippen molar-refractivity contribution in [1.82, 2.24) is 24.5 Å². The third kappa shape index (κ3) is 3.27. The van der Waals surface area contributed by atoms with E-state index in [2.05, 4.69) is 4.98 Å². The van der Waals surface area contributed by atoms with Crippen LogP contribution >= 0.6 is 0 Å². The molecule has 1 fully saturated rings. The van der Waals surface area contributed by atoms with E-state index < -0.39 is 0 Å². The zero-order valence-corrected chi connectivity index (χ0v) is 16.2. The molecule has 1 atom stereocenters. The average molecular weight is 383 g/mol. The number of carbonyl (C=O) groups is 1. The lowest BCUT2D eigenvalue weighted by atomic mass is 10.1. The number of aromatic nitrogens is 4. The maximum Gasteiger partial charge on any atom is 0.254 e. The molecule has 0 spiro atoms. The topological polar surface area (TPSA) is 63.4 Å². The van der Waals surface area contributed by atoms with Gasteiger partial charge in [-0.25, -0.2) is 9.50 Å². The minimum absolute atomic E-state index is 0.0910. The quantitative estimate of drug-likeness (QED) is 0.541. The Morgan fingerprint density at radius 3 is 2.79 bits per heavy atom. The van der Waals surface area contributed by atoms with Crippen molar-refractivity contribution in [2.75, 3.05) is 13.1 Å². The lowest BCUT2D eigenvalue weighted by Gasteiger charge is -2.17. The highest BCUT2D eigenvalue weighted by Crippen LogP contribution is 2.27. The van der Waals surface area contributed by atoms with E-state index in [0.717, 1.165) is 46.7 Å². The monoisotopic (exact) mass is 383 g/mol. The van der Waals surface area contributed by atoms with Crippen LogP contribution in [0, 0.1) is 6.92 Å². The predicted molar refractivity (Wildman–Crippen MR) is 111 cm³/mol. The highest BCUT2D eigenvalue weighted by Gasteiger charge is 2.31. The molecule has 1 amide bonds. The molecule has 29 heavy (non-hydrogen) atoms. The van der Waals surface area contributed by atoms with Crippen molar-refractivity contribution in [3.05, 3.63) is 84.1 Å². The van der Waals surface area contributed by atoms with E-state index in [1.807, 2.05) is 77.3 Å². The average Bonchev–Trinajstić information content (AvgIpc) is 3.41. The van der Waals surface area contributed by atoms with Crippen LogP contribution < -0.4 is 0 Å². The van der Waals surface area contributed by atoms with E-state index in [4.69, 9.17) is 10.1 Å². The van der Waals surface area contributed by atoms with Crippen LogP contribution in [0.3, 0.4) is 0 Å². The largest absolute Gasteiger partial charge is 0.338 e. The number of benzene rings is 1. The molecule has 0 N–H and O–H groups in total. The molecule has 1 aromatic carbocycles. The van der Waals surface area contributed by atoms with Crippen LogP contribution in [0.15, 0.2) is 67.1 Å². The maximum absolute atomic E-state index is 12.9. The van der Waals surface area contributed by atoms with Gasteiger partial charge in [0.05, 0.1) is 0 Å². The van der Waals surface area contributed by atoms with E-state index in [9.17, 15) is 4.79 Å². The van der Waals surface area contributed by atoms with E-state index >= 15 is 0 Å². The maximum atomic E-state index is 12.9. The third-order valence-corrected chi connectivity index (χ3v) is 5.56. The summed E-state index contributed by atoms with van der Waals surface area (Å²) in [6, 6.07) is 15.7. The molecule has 144 valence electrons. The first-order chi connectivity index (χ1) is 14.2. The number of amides is 1. The van der Waals surface area contributed by atoms with E-state index in [0.29, 0.717) is 6.54 Å². The van der Waals surface area contributed by atoms with Gasteiger partial charge in [0.1, 0.15) is 0 Å². The number of rotatable bonds is 3. The van der Waals surface area contributed by atoms with Gasteiger partial charge >= 0.3 is 0 Å². The second-order valence-electron chi connectivity index (χ2n) is 7.48. The Morgan fingerprint density at radius 1 is 1.07 bits per heavy atom. The van der Waals surface area contributed by atoms with Gasteiger partial charge in [-0.05, 0) is 43.2 Å². The van der Waals surface area contributed by atoms with Crippen LogP contribution in [0.5, 0.6) is 0 Å². The molecular formula is C23H21N5O. The zero-order valence-electron chi connectivity index (χ0n) is 16.2. The first-order valence-corrected chi connectivity index (χ1v) is 9.81. The number of aryl methyl sites for hydroxylation is 1. The molecule has 0 unspecified atom stereocenters. The summed E-state index contributed by atoms with van der Waals surface area (Å²) in [6.45, 7) is 3.36. The van der Waals surface area contributed by atoms with Crippen molar-refractivity contribution in [3.8, 4) is 11.1 Å². The number of likely N-dealkylation sites (tertiary alicyclic amines) is 1. The lowest BCUT2D eigenvalue weighted by Crippen LogP contribution is -2.29. The Hall–Kier alpha value is -3.54. The summed E-state index contributed by atoms with van der Waals surface area (Å²) in [5, 5.41) is 4.71. The van der Waals surface area contributed by atoms with Gasteiger partial charge in [0.15, 0.2) is 11.5 Å². The Kier molecular flexibility index (Phi) is 4.31. The van der Waals surface area contributed by atoms with Gasteiger partial charge in [-0.15, -0.1) is 0 Å². The molecule has 0 aliphatic carbocycles. The smallest absolute Gasteiger partial charge is 0.254 e. The molecule has 0 radical (unpaired) electrons. The summed E-state index contributed by atoms with van der Waals surface area (Å²) in [6.07, 6.45) is 6.46. The Morgan fingerprint density at radius 2 is 1.97 bits per heavy atom. The lowest BCUT2D eigenvalue weighted by molar-refractivity contribution is 0.0790. The number of hydrogen-bond donors (Lipinski definition) is 0. The van der Waals surface area contributed by atoms with Crippen LogP contribution in [-0.2, 0) is 0 Å². The molecule has 1 aliphatic rings. The van der Waals surface area contributed by atoms with Crippen LogP contribution in [0.25, 0.3) is 16.8 Å². The van der Waals surface area contributed by atoms with Gasteiger partial charge in [0.2, 0.25) is 0 Å². The van der Waals surface area contributed by atoms with Gasteiger partial charge in [0, 0.05) is 54.3 Å². The summed E-state index contributed by atoms with van der Waals surface area (Å²) in [7, 11) is 0. The molecule has 4 heterocycles. The van der Waals surface area contributed by atoms with Crippen molar-refractivity contribution in [3.63, 3.8) is 0 Å². The Balaban J connectivity index is 1.38. The van der Waals surface area contributed by atoms with Gasteiger partial charge < -0.3 is 4.90 Å². The van der Waals surface area contributed by atoms with Gasteiger partial charge in [-0.3, -0.25) is 9.78 Å². The molecular weight excluding hydrogens is 362 g/mol. The zero-order chi connectivity index (χ0) is 19.8. The third-order valence-electron chi connectivity index (χ3n) is 5.56. The van der Waals surface area contributed by atoms with Crippen molar-refractivity contribution in [2.45, 2.75) is 19.3 Å². The normalized spacial score (nSPS) is 16.4. The van der Waals surface area contributed by atoms with Crippen LogP contribution in [-0.4, -0.2) is 43.5 Å². The fourth-order valence-corrected chi connectivity index (χ4v) is 3.92. The second kappa shape index (κ2) is 7.13. The number of carbonyl (C=O) groups excluding carboxylic acids is 1. The van der Waals surface area contributed by atoms with E-state index in [1.54, 1.807) is 6.20 Å². The fraction of sp³-hybridized carbons (Fsp3) is 0.217. The molecule has 3 aromatic heterocycles. The second-order valence-corrected chi connectivity index (χ2v) is 7.48. The molecule has 5 rings (SSSR count). The number of pyridine rings is 2. The van der Waals surface area contributed by atoms with Crippen LogP contribution in [0.4, 0.5) is 0 Å².